The van der Waals surface area contributed by atoms with Gasteiger partial charge in [-0.1, -0.05) is 6.07 Å². The maximum absolute atomic E-state index is 14.7. The molecule has 1 saturated heterocycles. The number of rotatable bonds is 6. The van der Waals surface area contributed by atoms with E-state index in [4.69, 9.17) is 4.74 Å². The van der Waals surface area contributed by atoms with Crippen molar-refractivity contribution in [2.75, 3.05) is 18.4 Å². The number of hydrogen-bond acceptors (Lipinski definition) is 8. The topological polar surface area (TPSA) is 124 Å². The summed E-state index contributed by atoms with van der Waals surface area (Å²) in [4.78, 5) is 25.6. The van der Waals surface area contributed by atoms with Gasteiger partial charge in [0.2, 0.25) is 5.95 Å². The molecule has 0 aliphatic carbocycles. The zero-order valence-electron chi connectivity index (χ0n) is 18.7. The van der Waals surface area contributed by atoms with Crippen molar-refractivity contribution in [3.63, 3.8) is 0 Å². The van der Waals surface area contributed by atoms with Gasteiger partial charge in [-0.25, -0.2) is 23.7 Å². The Hall–Kier alpha value is -4.17. The van der Waals surface area contributed by atoms with Crippen molar-refractivity contribution < 1.29 is 23.4 Å². The molecule has 3 heterocycles. The Bertz CT molecular complexity index is 1250. The largest absolute Gasteiger partial charge is 0.483 e. The van der Waals surface area contributed by atoms with E-state index >= 15 is 0 Å². The van der Waals surface area contributed by atoms with Gasteiger partial charge in [-0.2, -0.15) is 5.26 Å². The fourth-order valence-electron chi connectivity index (χ4n) is 3.68. The summed E-state index contributed by atoms with van der Waals surface area (Å²) in [5, 5.41) is 22.0. The van der Waals surface area contributed by atoms with Gasteiger partial charge in [0.15, 0.2) is 6.10 Å². The molecule has 0 radical (unpaired) electrons. The van der Waals surface area contributed by atoms with Crippen molar-refractivity contribution >= 4 is 17.7 Å². The summed E-state index contributed by atoms with van der Waals surface area (Å²) in [5.74, 6) is -3.23. The van der Waals surface area contributed by atoms with Crippen LogP contribution in [0, 0.1) is 11.3 Å². The Morgan fingerprint density at radius 2 is 2.11 bits per heavy atom. The molecule has 2 unspecified atom stereocenters. The van der Waals surface area contributed by atoms with Crippen LogP contribution in [0.2, 0.25) is 0 Å². The molecular weight excluding hydrogens is 458 g/mol. The van der Waals surface area contributed by atoms with Gasteiger partial charge in [0, 0.05) is 30.9 Å². The Morgan fingerprint density at radius 1 is 1.29 bits per heavy atom. The van der Waals surface area contributed by atoms with Crippen LogP contribution in [0.25, 0.3) is 11.3 Å². The van der Waals surface area contributed by atoms with E-state index < -0.39 is 30.6 Å². The minimum atomic E-state index is -3.35. The van der Waals surface area contributed by atoms with Crippen LogP contribution in [0.4, 0.5) is 20.5 Å². The molecule has 0 saturated carbocycles. The molecule has 35 heavy (non-hydrogen) atoms. The molecule has 1 aromatic carbocycles. The number of nitrogens with one attached hydrogen (secondary N) is 1. The molecular formula is C24H22F2N6O3. The van der Waals surface area contributed by atoms with E-state index in [0.717, 1.165) is 4.90 Å². The first-order valence-electron chi connectivity index (χ1n) is 10.8. The lowest BCUT2D eigenvalue weighted by atomic mass is 10.0. The van der Waals surface area contributed by atoms with Crippen LogP contribution in [0.5, 0.6) is 5.75 Å². The second-order valence-electron chi connectivity index (χ2n) is 8.02. The van der Waals surface area contributed by atoms with Gasteiger partial charge >= 0.3 is 5.92 Å². The number of alkyl halides is 2. The van der Waals surface area contributed by atoms with Crippen molar-refractivity contribution in [1.82, 2.24) is 19.9 Å². The third-order valence-corrected chi connectivity index (χ3v) is 5.43. The zero-order valence-corrected chi connectivity index (χ0v) is 18.7. The van der Waals surface area contributed by atoms with Crippen molar-refractivity contribution in [3.8, 4) is 23.1 Å². The number of benzene rings is 1. The number of aliphatic hydroxyl groups excluding tert-OH is 1. The zero-order chi connectivity index (χ0) is 25.0. The number of nitriles is 1. The number of hydrogen-bond donors (Lipinski definition) is 2. The molecule has 4 rings (SSSR count). The third kappa shape index (κ3) is 5.50. The number of ether oxygens (including phenoxy) is 1. The smallest absolute Gasteiger partial charge is 0.301 e. The molecule has 2 aromatic heterocycles. The highest BCUT2D eigenvalue weighted by Gasteiger charge is 2.48. The van der Waals surface area contributed by atoms with Crippen LogP contribution in [-0.2, 0) is 4.79 Å². The molecule has 1 fully saturated rings. The number of carbonyl (C=O) groups excluding carboxylic acids is 1. The second-order valence-corrected chi connectivity index (χ2v) is 8.02. The van der Waals surface area contributed by atoms with Crippen molar-refractivity contribution in [2.24, 2.45) is 0 Å². The van der Waals surface area contributed by atoms with Gasteiger partial charge in [-0.05, 0) is 43.3 Å². The van der Waals surface area contributed by atoms with E-state index in [1.54, 1.807) is 36.7 Å². The number of anilines is 2. The number of pyridine rings is 1. The van der Waals surface area contributed by atoms with Crippen LogP contribution >= 0.6 is 0 Å². The summed E-state index contributed by atoms with van der Waals surface area (Å²) in [7, 11) is 0. The van der Waals surface area contributed by atoms with Crippen LogP contribution in [0.15, 0.2) is 54.9 Å². The second kappa shape index (κ2) is 9.99. The van der Waals surface area contributed by atoms with Crippen LogP contribution < -0.4 is 10.1 Å². The highest BCUT2D eigenvalue weighted by molar-refractivity contribution is 5.80. The van der Waals surface area contributed by atoms with E-state index in [9.17, 15) is 23.9 Å². The maximum atomic E-state index is 14.7. The monoisotopic (exact) mass is 480 g/mol. The number of carbonyl (C=O) groups is 1. The fraction of sp³-hybridized carbons (Fsp3) is 0.292. The fourth-order valence-corrected chi connectivity index (χ4v) is 3.68. The summed E-state index contributed by atoms with van der Waals surface area (Å²) < 4.78 is 35.0. The van der Waals surface area contributed by atoms with Gasteiger partial charge in [0.1, 0.15) is 23.7 Å². The van der Waals surface area contributed by atoms with Crippen molar-refractivity contribution in [1.29, 1.82) is 5.26 Å². The lowest BCUT2D eigenvalue weighted by Gasteiger charge is -2.38. The number of aliphatic hydroxyl groups is 1. The molecule has 3 aromatic rings. The van der Waals surface area contributed by atoms with Gasteiger partial charge < -0.3 is 20.1 Å². The van der Waals surface area contributed by atoms with E-state index in [1.165, 1.54) is 19.1 Å². The van der Waals surface area contributed by atoms with Crippen LogP contribution in [-0.4, -0.2) is 62.1 Å². The maximum Gasteiger partial charge on any atom is 0.301 e. The number of aromatic nitrogens is 3. The lowest BCUT2D eigenvalue weighted by Crippen LogP contribution is -2.56. The van der Waals surface area contributed by atoms with Crippen LogP contribution in [0.3, 0.4) is 0 Å². The molecule has 0 spiro atoms. The molecule has 9 nitrogen and oxygen atoms in total. The van der Waals surface area contributed by atoms with E-state index in [-0.39, 0.29) is 24.3 Å². The predicted octanol–water partition coefficient (Wildman–Crippen LogP) is 3.15. The van der Waals surface area contributed by atoms with Crippen molar-refractivity contribution in [3.05, 3.63) is 60.4 Å². The number of nitrogens with zero attached hydrogens (tertiary/aromatic N) is 5. The molecule has 2 N–H and O–H groups in total. The Kier molecular flexibility index (Phi) is 6.84. The first kappa shape index (κ1) is 24.0. The quantitative estimate of drug-likeness (QED) is 0.551. The molecule has 2 atom stereocenters. The summed E-state index contributed by atoms with van der Waals surface area (Å²) in [6, 6.07) is 13.6. The SMILES string of the molecule is CC(O)C(=O)N1CCC(Oc2ccc(-c3ccnc(Nc4ccccn4)n3)cc2C#N)C(F)(F)C1. The number of likely N-dealkylation sites (tertiary alicyclic amines) is 1. The first-order chi connectivity index (χ1) is 16.8. The normalized spacial score (nSPS) is 17.8. The molecule has 180 valence electrons. The van der Waals surface area contributed by atoms with Gasteiger partial charge in [-0.3, -0.25) is 4.79 Å². The van der Waals surface area contributed by atoms with E-state index in [2.05, 4.69) is 20.3 Å². The summed E-state index contributed by atoms with van der Waals surface area (Å²) in [5.41, 5.74) is 1.15. The van der Waals surface area contributed by atoms with Crippen molar-refractivity contribution in [2.45, 2.75) is 31.5 Å². The Labute approximate surface area is 200 Å². The minimum absolute atomic E-state index is 0.0109. The number of amides is 1. The molecule has 11 heteroatoms. The number of piperidine rings is 1. The van der Waals surface area contributed by atoms with Gasteiger partial charge in [0.25, 0.3) is 5.91 Å². The lowest BCUT2D eigenvalue weighted by molar-refractivity contribution is -0.165. The minimum Gasteiger partial charge on any atom is -0.483 e. The predicted molar refractivity (Wildman–Crippen MR) is 122 cm³/mol. The van der Waals surface area contributed by atoms with E-state index in [1.807, 2.05) is 12.1 Å². The molecule has 1 aliphatic rings. The molecule has 1 aliphatic heterocycles. The average molecular weight is 480 g/mol. The highest BCUT2D eigenvalue weighted by atomic mass is 19.3. The van der Waals surface area contributed by atoms with E-state index in [0.29, 0.717) is 23.0 Å². The van der Waals surface area contributed by atoms with Gasteiger partial charge in [-0.15, -0.1) is 0 Å². The Morgan fingerprint density at radius 3 is 2.80 bits per heavy atom. The molecule has 1 amide bonds. The van der Waals surface area contributed by atoms with Gasteiger partial charge in [0.05, 0.1) is 17.8 Å². The summed E-state index contributed by atoms with van der Waals surface area (Å²) in [6.07, 6.45) is 0.149. The number of halogens is 2. The standard InChI is InChI=1S/C24H22F2N6O3/c1-15(33)22(34)32-11-8-20(24(25,26)14-32)35-19-6-5-16(12-17(19)13-27)18-7-10-29-23(30-18)31-21-4-2-3-9-28-21/h2-7,9-10,12,15,20,33H,8,11,14H2,1H3,(H,28,29,30,31). The first-order valence-corrected chi connectivity index (χ1v) is 10.8. The average Bonchev–Trinajstić information content (AvgIpc) is 2.85. The third-order valence-electron chi connectivity index (χ3n) is 5.43. The molecule has 0 bridgehead atoms. The van der Waals surface area contributed by atoms with Crippen LogP contribution in [0.1, 0.15) is 18.9 Å². The summed E-state index contributed by atoms with van der Waals surface area (Å²) >= 11 is 0. The Balaban J connectivity index is 1.51. The highest BCUT2D eigenvalue weighted by Crippen LogP contribution is 2.34. The summed E-state index contributed by atoms with van der Waals surface area (Å²) in [6.45, 7) is 0.379.